The van der Waals surface area contributed by atoms with Crippen LogP contribution in [0.15, 0.2) is 0 Å². The molecule has 0 aromatic heterocycles. The molecule has 21 heavy (non-hydrogen) atoms. The molecule has 1 heterocycles. The lowest BCUT2D eigenvalue weighted by molar-refractivity contribution is -0.926. The van der Waals surface area contributed by atoms with Crippen molar-refractivity contribution in [3.05, 3.63) is 0 Å². The second kappa shape index (κ2) is 6.17. The molecule has 1 aliphatic rings. The Hall–Kier alpha value is -0.120. The Morgan fingerprint density at radius 1 is 0.905 bits per heavy atom. The summed E-state index contributed by atoms with van der Waals surface area (Å²) in [5, 5.41) is 3.81. The monoisotopic (exact) mass is 299 g/mol. The SMILES string of the molecule is CC[N+](C)(C)CCC[N+](C)(C)C1CC(C)(C)NC(C)(C)C1. The topological polar surface area (TPSA) is 12.0 Å². The van der Waals surface area contributed by atoms with Crippen LogP contribution in [0.4, 0.5) is 0 Å². The van der Waals surface area contributed by atoms with E-state index in [-0.39, 0.29) is 11.1 Å². The second-order valence-corrected chi connectivity index (χ2v) is 9.79. The van der Waals surface area contributed by atoms with E-state index in [0.717, 1.165) is 15.0 Å². The Balaban J connectivity index is 2.64. The number of nitrogens with one attached hydrogen (secondary N) is 1. The van der Waals surface area contributed by atoms with E-state index in [9.17, 15) is 0 Å². The van der Waals surface area contributed by atoms with Gasteiger partial charge in [0.15, 0.2) is 0 Å². The van der Waals surface area contributed by atoms with Crippen molar-refractivity contribution in [2.75, 3.05) is 47.8 Å². The molecule has 1 aliphatic heterocycles. The molecule has 126 valence electrons. The molecule has 1 N–H and O–H groups in total. The highest BCUT2D eigenvalue weighted by atomic mass is 15.4. The van der Waals surface area contributed by atoms with E-state index in [0.29, 0.717) is 0 Å². The highest BCUT2D eigenvalue weighted by Gasteiger charge is 2.44. The van der Waals surface area contributed by atoms with Gasteiger partial charge in [0.05, 0.1) is 53.9 Å². The van der Waals surface area contributed by atoms with Gasteiger partial charge in [0.1, 0.15) is 0 Å². The fourth-order valence-electron chi connectivity index (χ4n) is 4.01. The molecule has 1 saturated heterocycles. The summed E-state index contributed by atoms with van der Waals surface area (Å²) < 4.78 is 2.31. The zero-order chi connectivity index (χ0) is 16.5. The van der Waals surface area contributed by atoms with Crippen LogP contribution in [0.2, 0.25) is 0 Å². The van der Waals surface area contributed by atoms with Crippen LogP contribution >= 0.6 is 0 Å². The lowest BCUT2D eigenvalue weighted by Gasteiger charge is -2.51. The fraction of sp³-hybridized carbons (Fsp3) is 1.00. The molecule has 3 nitrogen and oxygen atoms in total. The Morgan fingerprint density at radius 3 is 1.81 bits per heavy atom. The smallest absolute Gasteiger partial charge is 0.0921 e. The molecule has 0 spiro atoms. The average Bonchev–Trinajstić information content (AvgIpc) is 2.24. The summed E-state index contributed by atoms with van der Waals surface area (Å²) in [6, 6.07) is 0.758. The maximum atomic E-state index is 3.81. The molecule has 1 fully saturated rings. The van der Waals surface area contributed by atoms with Gasteiger partial charge in [-0.15, -0.1) is 0 Å². The van der Waals surface area contributed by atoms with E-state index in [2.05, 4.69) is 68.1 Å². The molecular weight excluding hydrogens is 258 g/mol. The number of nitrogens with zero attached hydrogens (tertiary/aromatic N) is 2. The van der Waals surface area contributed by atoms with E-state index < -0.39 is 0 Å². The van der Waals surface area contributed by atoms with Crippen LogP contribution < -0.4 is 5.32 Å². The summed E-state index contributed by atoms with van der Waals surface area (Å²) in [5.74, 6) is 0. The van der Waals surface area contributed by atoms with Crippen LogP contribution in [0.1, 0.15) is 53.9 Å². The molecule has 0 bridgehead atoms. The molecule has 0 unspecified atom stereocenters. The molecule has 0 amide bonds. The lowest BCUT2D eigenvalue weighted by atomic mass is 9.78. The molecule has 0 radical (unpaired) electrons. The van der Waals surface area contributed by atoms with Crippen molar-refractivity contribution in [3.63, 3.8) is 0 Å². The van der Waals surface area contributed by atoms with Crippen molar-refractivity contribution >= 4 is 0 Å². The normalized spacial score (nSPS) is 23.3. The summed E-state index contributed by atoms with van der Waals surface area (Å²) >= 11 is 0. The first-order valence-electron chi connectivity index (χ1n) is 8.73. The van der Waals surface area contributed by atoms with Gasteiger partial charge in [-0.3, -0.25) is 0 Å². The van der Waals surface area contributed by atoms with Crippen molar-refractivity contribution in [1.82, 2.24) is 5.32 Å². The van der Waals surface area contributed by atoms with Gasteiger partial charge < -0.3 is 14.3 Å². The Bertz CT molecular complexity index is 326. The molecule has 0 aromatic rings. The summed E-state index contributed by atoms with van der Waals surface area (Å²) in [7, 11) is 9.57. The Kier molecular flexibility index (Phi) is 5.56. The van der Waals surface area contributed by atoms with Gasteiger partial charge in [-0.05, 0) is 34.6 Å². The maximum absolute atomic E-state index is 3.81. The van der Waals surface area contributed by atoms with Crippen LogP contribution in [0.25, 0.3) is 0 Å². The quantitative estimate of drug-likeness (QED) is 0.744. The molecule has 0 aliphatic carbocycles. The predicted molar refractivity (Wildman–Crippen MR) is 93.4 cm³/mol. The van der Waals surface area contributed by atoms with E-state index >= 15 is 0 Å². The number of hydrogen-bond acceptors (Lipinski definition) is 1. The first-order valence-corrected chi connectivity index (χ1v) is 8.73. The van der Waals surface area contributed by atoms with Crippen LogP contribution in [0.5, 0.6) is 0 Å². The molecular formula is C18H41N3+2. The molecule has 0 aromatic carbocycles. The van der Waals surface area contributed by atoms with Crippen molar-refractivity contribution in [2.24, 2.45) is 0 Å². The minimum Gasteiger partial charge on any atom is -0.329 e. The maximum Gasteiger partial charge on any atom is 0.0921 e. The van der Waals surface area contributed by atoms with Crippen molar-refractivity contribution in [3.8, 4) is 0 Å². The van der Waals surface area contributed by atoms with E-state index in [4.69, 9.17) is 0 Å². The molecule has 0 saturated carbocycles. The van der Waals surface area contributed by atoms with Crippen LogP contribution in [-0.2, 0) is 0 Å². The third kappa shape index (κ3) is 5.88. The predicted octanol–water partition coefficient (Wildman–Crippen LogP) is 2.86. The lowest BCUT2D eigenvalue weighted by Crippen LogP contribution is -2.65. The summed E-state index contributed by atoms with van der Waals surface area (Å²) in [6.45, 7) is 15.5. The zero-order valence-corrected chi connectivity index (χ0v) is 16.2. The number of quaternary nitrogens is 2. The van der Waals surface area contributed by atoms with Gasteiger partial charge in [0.25, 0.3) is 0 Å². The highest BCUT2D eigenvalue weighted by Crippen LogP contribution is 2.33. The number of piperidine rings is 1. The number of rotatable bonds is 6. The average molecular weight is 300 g/mol. The zero-order valence-electron chi connectivity index (χ0n) is 16.2. The summed E-state index contributed by atoms with van der Waals surface area (Å²) in [4.78, 5) is 0. The third-order valence-electron chi connectivity index (χ3n) is 5.51. The third-order valence-corrected chi connectivity index (χ3v) is 5.51. The van der Waals surface area contributed by atoms with Crippen molar-refractivity contribution < 1.29 is 8.97 Å². The van der Waals surface area contributed by atoms with E-state index in [1.807, 2.05) is 0 Å². The van der Waals surface area contributed by atoms with Crippen LogP contribution in [0, 0.1) is 0 Å². The molecule has 0 atom stereocenters. The molecule has 1 rings (SSSR count). The summed E-state index contributed by atoms with van der Waals surface area (Å²) in [6.07, 6.45) is 3.86. The van der Waals surface area contributed by atoms with Crippen LogP contribution in [0.3, 0.4) is 0 Å². The Morgan fingerprint density at radius 2 is 1.38 bits per heavy atom. The largest absolute Gasteiger partial charge is 0.329 e. The summed E-state index contributed by atoms with van der Waals surface area (Å²) in [5.41, 5.74) is 0.501. The van der Waals surface area contributed by atoms with Gasteiger partial charge in [0.2, 0.25) is 0 Å². The first-order chi connectivity index (χ1) is 9.29. The van der Waals surface area contributed by atoms with Crippen LogP contribution in [-0.4, -0.2) is 73.9 Å². The van der Waals surface area contributed by atoms with Crippen molar-refractivity contribution in [2.45, 2.75) is 71.0 Å². The Labute approximate surface area is 133 Å². The second-order valence-electron chi connectivity index (χ2n) is 9.79. The fourth-order valence-corrected chi connectivity index (χ4v) is 4.01. The first kappa shape index (κ1) is 18.9. The minimum atomic E-state index is 0.251. The van der Waals surface area contributed by atoms with E-state index in [1.165, 1.54) is 38.9 Å². The standard InChI is InChI=1S/C18H41N3/c1-10-20(6,7)12-11-13-21(8,9)16-14-17(2,3)19-18(4,5)15-16/h16,19H,10-15H2,1-9H3/q+2. The van der Waals surface area contributed by atoms with Gasteiger partial charge in [-0.25, -0.2) is 0 Å². The number of hydrogen-bond donors (Lipinski definition) is 1. The minimum absolute atomic E-state index is 0.251. The van der Waals surface area contributed by atoms with Gasteiger partial charge in [-0.1, -0.05) is 0 Å². The van der Waals surface area contributed by atoms with Gasteiger partial charge in [-0.2, -0.15) is 0 Å². The van der Waals surface area contributed by atoms with Gasteiger partial charge in [0, 0.05) is 30.3 Å². The van der Waals surface area contributed by atoms with Crippen molar-refractivity contribution in [1.29, 1.82) is 0 Å². The molecule has 3 heteroatoms. The van der Waals surface area contributed by atoms with Gasteiger partial charge >= 0.3 is 0 Å². The highest BCUT2D eigenvalue weighted by molar-refractivity contribution is 4.97. The van der Waals surface area contributed by atoms with E-state index in [1.54, 1.807) is 0 Å².